The Kier molecular flexibility index (Phi) is 7.08. The van der Waals surface area contributed by atoms with E-state index in [-0.39, 0.29) is 17.0 Å². The molecule has 0 aromatic heterocycles. The summed E-state index contributed by atoms with van der Waals surface area (Å²) in [6.07, 6.45) is 1.38. The Balaban J connectivity index is 2.00. The van der Waals surface area contributed by atoms with Gasteiger partial charge in [-0.15, -0.1) is 0 Å². The van der Waals surface area contributed by atoms with Crippen LogP contribution < -0.4 is 14.4 Å². The number of nitrogens with zero attached hydrogens (tertiary/aromatic N) is 3. The predicted octanol–water partition coefficient (Wildman–Crippen LogP) is 3.69. The largest absolute Gasteiger partial charge is 0.507 e. The lowest BCUT2D eigenvalue weighted by Gasteiger charge is -2.30. The minimum atomic E-state index is -0.521. The number of phenolic OH excluding ortho intramolecular Hbond substituents is 1. The monoisotopic (exact) mass is 415 g/mol. The summed E-state index contributed by atoms with van der Waals surface area (Å²) in [5.41, 5.74) is 1.52. The summed E-state index contributed by atoms with van der Waals surface area (Å²) in [6, 6.07) is 7.45. The van der Waals surface area contributed by atoms with Crippen LogP contribution in [0.25, 0.3) is 0 Å². The van der Waals surface area contributed by atoms with Gasteiger partial charge in [0.15, 0.2) is 0 Å². The maximum Gasteiger partial charge on any atom is 0.270 e. The van der Waals surface area contributed by atoms with Gasteiger partial charge in [-0.05, 0) is 19.9 Å². The molecule has 0 radical (unpaired) electrons. The smallest absolute Gasteiger partial charge is 0.270 e. The van der Waals surface area contributed by atoms with Gasteiger partial charge < -0.3 is 24.2 Å². The lowest BCUT2D eigenvalue weighted by atomic mass is 10.2. The molecule has 0 unspecified atom stereocenters. The quantitative estimate of drug-likeness (QED) is 0.398. The summed E-state index contributed by atoms with van der Waals surface area (Å²) in [4.78, 5) is 17.1. The second kappa shape index (κ2) is 9.93. The lowest BCUT2D eigenvalue weighted by Crippen LogP contribution is -2.36. The molecule has 9 nitrogen and oxygen atoms in total. The number of hydrogen-bond acceptors (Lipinski definition) is 8. The topological polar surface area (TPSA) is 107 Å². The van der Waals surface area contributed by atoms with Gasteiger partial charge in [0.2, 0.25) is 0 Å². The van der Waals surface area contributed by atoms with Crippen molar-refractivity contribution in [3.05, 3.63) is 46.0 Å². The number of benzene rings is 2. The van der Waals surface area contributed by atoms with Gasteiger partial charge in [0.1, 0.15) is 22.9 Å². The van der Waals surface area contributed by atoms with Crippen LogP contribution in [0, 0.1) is 10.1 Å². The maximum absolute atomic E-state index is 11.0. The second-order valence-corrected chi connectivity index (χ2v) is 6.51. The van der Waals surface area contributed by atoms with E-state index in [0.29, 0.717) is 43.6 Å². The van der Waals surface area contributed by atoms with Crippen LogP contribution in [0.4, 0.5) is 17.1 Å². The molecule has 0 bridgehead atoms. The van der Waals surface area contributed by atoms with Crippen LogP contribution in [0.2, 0.25) is 0 Å². The maximum atomic E-state index is 11.0. The molecule has 0 atom stereocenters. The van der Waals surface area contributed by atoms with Gasteiger partial charge in [-0.3, -0.25) is 15.1 Å². The highest BCUT2D eigenvalue weighted by molar-refractivity contribution is 5.87. The number of hydrogen-bond donors (Lipinski definition) is 1. The number of rotatable bonds is 8. The summed E-state index contributed by atoms with van der Waals surface area (Å²) < 4.78 is 17.1. The number of phenols is 1. The minimum absolute atomic E-state index is 0.0997. The van der Waals surface area contributed by atoms with Crippen LogP contribution in [0.15, 0.2) is 35.3 Å². The average molecular weight is 415 g/mol. The molecule has 0 spiro atoms. The second-order valence-electron chi connectivity index (χ2n) is 6.51. The number of anilines is 1. The minimum Gasteiger partial charge on any atom is -0.507 e. The number of aliphatic imine (C=N–C) groups is 1. The lowest BCUT2D eigenvalue weighted by molar-refractivity contribution is -0.384. The number of nitro benzene ring substituents is 1. The number of morpholine rings is 1. The van der Waals surface area contributed by atoms with E-state index in [1.807, 2.05) is 19.9 Å². The fraction of sp³-hybridized carbons (Fsp3) is 0.381. The van der Waals surface area contributed by atoms with Crippen molar-refractivity contribution in [2.24, 2.45) is 4.99 Å². The van der Waals surface area contributed by atoms with Gasteiger partial charge in [-0.1, -0.05) is 0 Å². The molecule has 1 aliphatic heterocycles. The summed E-state index contributed by atoms with van der Waals surface area (Å²) >= 11 is 0. The summed E-state index contributed by atoms with van der Waals surface area (Å²) in [5.74, 6) is 1.12. The van der Waals surface area contributed by atoms with E-state index in [1.54, 1.807) is 6.07 Å². The van der Waals surface area contributed by atoms with Gasteiger partial charge in [-0.25, -0.2) is 0 Å². The average Bonchev–Trinajstić information content (AvgIpc) is 2.75. The van der Waals surface area contributed by atoms with E-state index in [1.165, 1.54) is 24.4 Å². The molecule has 0 amide bonds. The van der Waals surface area contributed by atoms with Gasteiger partial charge in [0, 0.05) is 49.1 Å². The molecule has 2 aromatic rings. The van der Waals surface area contributed by atoms with Crippen molar-refractivity contribution >= 4 is 23.3 Å². The molecule has 1 aliphatic rings. The Morgan fingerprint density at radius 1 is 1.17 bits per heavy atom. The van der Waals surface area contributed by atoms with Crippen molar-refractivity contribution in [1.29, 1.82) is 0 Å². The third-order valence-electron chi connectivity index (χ3n) is 4.56. The number of non-ortho nitro benzene ring substituents is 1. The molecule has 30 heavy (non-hydrogen) atoms. The molecule has 2 aromatic carbocycles. The first-order valence-electron chi connectivity index (χ1n) is 9.81. The van der Waals surface area contributed by atoms with Crippen LogP contribution >= 0.6 is 0 Å². The van der Waals surface area contributed by atoms with Gasteiger partial charge in [0.25, 0.3) is 5.69 Å². The zero-order valence-corrected chi connectivity index (χ0v) is 17.0. The van der Waals surface area contributed by atoms with E-state index in [2.05, 4.69) is 9.89 Å². The van der Waals surface area contributed by atoms with Crippen molar-refractivity contribution in [3.63, 3.8) is 0 Å². The van der Waals surface area contributed by atoms with Crippen LogP contribution in [0.1, 0.15) is 19.4 Å². The first-order valence-corrected chi connectivity index (χ1v) is 9.81. The van der Waals surface area contributed by atoms with Crippen LogP contribution in [0.5, 0.6) is 17.2 Å². The van der Waals surface area contributed by atoms with Crippen molar-refractivity contribution in [2.45, 2.75) is 13.8 Å². The Labute approximate surface area is 174 Å². The van der Waals surface area contributed by atoms with Crippen molar-refractivity contribution in [2.75, 3.05) is 44.4 Å². The Morgan fingerprint density at radius 3 is 2.53 bits per heavy atom. The molecule has 1 heterocycles. The highest BCUT2D eigenvalue weighted by atomic mass is 16.6. The molecule has 1 saturated heterocycles. The van der Waals surface area contributed by atoms with Gasteiger partial charge >= 0.3 is 0 Å². The molecule has 0 aliphatic carbocycles. The Bertz CT molecular complexity index is 925. The molecule has 1 N–H and O–H groups in total. The van der Waals surface area contributed by atoms with Crippen LogP contribution in [0.3, 0.4) is 0 Å². The third kappa shape index (κ3) is 4.98. The molecule has 1 fully saturated rings. The zero-order chi connectivity index (χ0) is 21.5. The van der Waals surface area contributed by atoms with E-state index >= 15 is 0 Å². The highest BCUT2D eigenvalue weighted by Gasteiger charge is 2.19. The van der Waals surface area contributed by atoms with Gasteiger partial charge in [-0.2, -0.15) is 0 Å². The summed E-state index contributed by atoms with van der Waals surface area (Å²) in [6.45, 7) is 7.49. The number of ether oxygens (including phenoxy) is 3. The van der Waals surface area contributed by atoms with E-state index in [4.69, 9.17) is 14.2 Å². The van der Waals surface area contributed by atoms with E-state index in [0.717, 1.165) is 18.8 Å². The number of aromatic hydroxyl groups is 1. The van der Waals surface area contributed by atoms with E-state index < -0.39 is 4.92 Å². The third-order valence-corrected chi connectivity index (χ3v) is 4.56. The van der Waals surface area contributed by atoms with Crippen molar-refractivity contribution < 1.29 is 24.2 Å². The SMILES string of the molecule is CCOc1cc(N2CCOCC2)c(OCC)cc1N=Cc1cc([N+](=O)[O-])ccc1O. The van der Waals surface area contributed by atoms with Crippen LogP contribution in [-0.2, 0) is 4.74 Å². The zero-order valence-electron chi connectivity index (χ0n) is 17.0. The molecule has 160 valence electrons. The predicted molar refractivity (Wildman–Crippen MR) is 114 cm³/mol. The molecular formula is C21H25N3O6. The number of nitro groups is 1. The van der Waals surface area contributed by atoms with Gasteiger partial charge in [0.05, 0.1) is 37.0 Å². The first-order chi connectivity index (χ1) is 14.5. The molecular weight excluding hydrogens is 390 g/mol. The fourth-order valence-electron chi connectivity index (χ4n) is 3.13. The normalized spacial score (nSPS) is 14.1. The molecule has 0 saturated carbocycles. The standard InChI is InChI=1S/C21H25N3O6/c1-3-29-20-13-18(23-7-9-28-10-8-23)21(30-4-2)12-17(20)22-14-15-11-16(24(26)27)5-6-19(15)25/h5-6,11-14,25H,3-4,7-10H2,1-2H3. The molecule has 3 rings (SSSR count). The van der Waals surface area contributed by atoms with Crippen molar-refractivity contribution in [3.8, 4) is 17.2 Å². The Morgan fingerprint density at radius 2 is 1.87 bits per heavy atom. The van der Waals surface area contributed by atoms with Crippen molar-refractivity contribution in [1.82, 2.24) is 0 Å². The first kappa shape index (κ1) is 21.4. The van der Waals surface area contributed by atoms with E-state index in [9.17, 15) is 15.2 Å². The molecule has 9 heteroatoms. The Hall–Kier alpha value is -3.33. The summed E-state index contributed by atoms with van der Waals surface area (Å²) in [5, 5.41) is 21.0. The summed E-state index contributed by atoms with van der Waals surface area (Å²) in [7, 11) is 0. The van der Waals surface area contributed by atoms with Crippen LogP contribution in [-0.4, -0.2) is 55.8 Å². The highest BCUT2D eigenvalue weighted by Crippen LogP contribution is 2.41. The fourth-order valence-corrected chi connectivity index (χ4v) is 3.13.